The second kappa shape index (κ2) is 2.65. The standard InChI is InChI=1S/C7H8N2O2/c1-4(10)6-3-7(11)9-5(2)8-6/h3H,1-2H3,(H,8,9,11). The first-order chi connectivity index (χ1) is 5.09. The van der Waals surface area contributed by atoms with Gasteiger partial charge in [-0.1, -0.05) is 0 Å². The minimum atomic E-state index is -0.289. The minimum Gasteiger partial charge on any atom is -0.311 e. The molecule has 1 N–H and O–H groups in total. The van der Waals surface area contributed by atoms with Crippen LogP contribution in [0.4, 0.5) is 0 Å². The molecule has 0 radical (unpaired) electrons. The van der Waals surface area contributed by atoms with Crippen LogP contribution in [0.3, 0.4) is 0 Å². The van der Waals surface area contributed by atoms with Gasteiger partial charge in [0, 0.05) is 13.0 Å². The largest absolute Gasteiger partial charge is 0.311 e. The number of Topliss-reactive ketones (excluding diaryl/α,β-unsaturated/α-hetero) is 1. The molecule has 0 aliphatic carbocycles. The van der Waals surface area contributed by atoms with Gasteiger partial charge in [0.1, 0.15) is 11.5 Å². The number of nitrogens with zero attached hydrogens (tertiary/aromatic N) is 1. The van der Waals surface area contributed by atoms with Crippen molar-refractivity contribution >= 4 is 5.78 Å². The molecule has 0 spiro atoms. The van der Waals surface area contributed by atoms with Crippen molar-refractivity contribution in [3.63, 3.8) is 0 Å². The van der Waals surface area contributed by atoms with Crippen LogP contribution in [0.25, 0.3) is 0 Å². The molecule has 11 heavy (non-hydrogen) atoms. The van der Waals surface area contributed by atoms with Crippen molar-refractivity contribution in [3.05, 3.63) is 27.9 Å². The number of aryl methyl sites for hydroxylation is 1. The summed E-state index contributed by atoms with van der Waals surface area (Å²) < 4.78 is 0. The summed E-state index contributed by atoms with van der Waals surface area (Å²) in [6.45, 7) is 3.01. The Bertz CT molecular complexity index is 341. The number of rotatable bonds is 1. The molecule has 0 amide bonds. The van der Waals surface area contributed by atoms with Crippen LogP contribution in [-0.4, -0.2) is 15.8 Å². The van der Waals surface area contributed by atoms with Crippen LogP contribution in [0.5, 0.6) is 0 Å². The molecule has 0 unspecified atom stereocenters. The predicted octanol–water partition coefficient (Wildman–Crippen LogP) is 0.281. The van der Waals surface area contributed by atoms with Gasteiger partial charge < -0.3 is 4.98 Å². The number of aromatic amines is 1. The van der Waals surface area contributed by atoms with Crippen molar-refractivity contribution in [3.8, 4) is 0 Å². The Hall–Kier alpha value is -1.45. The predicted molar refractivity (Wildman–Crippen MR) is 39.6 cm³/mol. The highest BCUT2D eigenvalue weighted by Crippen LogP contribution is 1.90. The van der Waals surface area contributed by atoms with E-state index in [0.29, 0.717) is 5.82 Å². The zero-order valence-electron chi connectivity index (χ0n) is 6.34. The minimum absolute atomic E-state index is 0.195. The van der Waals surface area contributed by atoms with Crippen LogP contribution < -0.4 is 5.56 Å². The van der Waals surface area contributed by atoms with Gasteiger partial charge in [0.15, 0.2) is 5.78 Å². The maximum absolute atomic E-state index is 10.8. The molecule has 58 valence electrons. The van der Waals surface area contributed by atoms with Crippen LogP contribution in [0.2, 0.25) is 0 Å². The molecule has 4 heteroatoms. The van der Waals surface area contributed by atoms with Crippen molar-refractivity contribution in [2.45, 2.75) is 13.8 Å². The third kappa shape index (κ3) is 1.73. The summed E-state index contributed by atoms with van der Waals surface area (Å²) in [5.74, 6) is 0.266. The molecule has 0 saturated heterocycles. The SMILES string of the molecule is CC(=O)c1cc(=O)[nH]c(C)n1. The molecule has 0 saturated carbocycles. The summed E-state index contributed by atoms with van der Waals surface area (Å²) in [6, 6.07) is 1.19. The number of hydrogen-bond donors (Lipinski definition) is 1. The van der Waals surface area contributed by atoms with E-state index in [1.54, 1.807) is 6.92 Å². The fraction of sp³-hybridized carbons (Fsp3) is 0.286. The van der Waals surface area contributed by atoms with Gasteiger partial charge in [-0.05, 0) is 6.92 Å². The van der Waals surface area contributed by atoms with Gasteiger partial charge in [-0.15, -0.1) is 0 Å². The molecule has 4 nitrogen and oxygen atoms in total. The maximum atomic E-state index is 10.8. The van der Waals surface area contributed by atoms with E-state index in [1.165, 1.54) is 13.0 Å². The highest BCUT2D eigenvalue weighted by atomic mass is 16.1. The molecule has 0 atom stereocenters. The highest BCUT2D eigenvalue weighted by Gasteiger charge is 2.01. The smallest absolute Gasteiger partial charge is 0.251 e. The number of ketones is 1. The van der Waals surface area contributed by atoms with Crippen molar-refractivity contribution in [1.29, 1.82) is 0 Å². The monoisotopic (exact) mass is 152 g/mol. The van der Waals surface area contributed by atoms with Gasteiger partial charge in [0.2, 0.25) is 0 Å². The van der Waals surface area contributed by atoms with E-state index in [-0.39, 0.29) is 17.0 Å². The normalized spacial score (nSPS) is 9.64. The fourth-order valence-electron chi connectivity index (χ4n) is 0.760. The summed E-state index contributed by atoms with van der Waals surface area (Å²) in [4.78, 5) is 27.8. The van der Waals surface area contributed by atoms with E-state index in [1.807, 2.05) is 0 Å². The topological polar surface area (TPSA) is 62.8 Å². The second-order valence-corrected chi connectivity index (χ2v) is 2.27. The molecule has 0 aliphatic rings. The zero-order chi connectivity index (χ0) is 8.43. The first-order valence-electron chi connectivity index (χ1n) is 3.18. The van der Waals surface area contributed by atoms with Gasteiger partial charge in [-0.25, -0.2) is 4.98 Å². The molecule has 0 aliphatic heterocycles. The van der Waals surface area contributed by atoms with Crippen molar-refractivity contribution < 1.29 is 4.79 Å². The average Bonchev–Trinajstić information content (AvgIpc) is 1.85. The lowest BCUT2D eigenvalue weighted by Crippen LogP contribution is -2.12. The summed E-state index contributed by atoms with van der Waals surface area (Å²) in [5, 5.41) is 0. The summed E-state index contributed by atoms with van der Waals surface area (Å²) in [5.41, 5.74) is -0.0750. The Morgan fingerprint density at radius 1 is 1.64 bits per heavy atom. The van der Waals surface area contributed by atoms with E-state index in [2.05, 4.69) is 9.97 Å². The Morgan fingerprint density at radius 2 is 2.27 bits per heavy atom. The Balaban J connectivity index is 3.30. The lowest BCUT2D eigenvalue weighted by atomic mass is 10.3. The molecular weight excluding hydrogens is 144 g/mol. The van der Waals surface area contributed by atoms with Crippen molar-refractivity contribution in [2.24, 2.45) is 0 Å². The maximum Gasteiger partial charge on any atom is 0.251 e. The van der Waals surface area contributed by atoms with Gasteiger partial charge in [-0.2, -0.15) is 0 Å². The van der Waals surface area contributed by atoms with Crippen LogP contribution in [0, 0.1) is 6.92 Å². The molecule has 1 aromatic heterocycles. The molecule has 1 aromatic rings. The van der Waals surface area contributed by atoms with Crippen LogP contribution in [-0.2, 0) is 0 Å². The molecule has 1 heterocycles. The Morgan fingerprint density at radius 3 is 2.73 bits per heavy atom. The Labute approximate surface area is 63.3 Å². The highest BCUT2D eigenvalue weighted by molar-refractivity contribution is 5.91. The number of H-pyrrole nitrogens is 1. The summed E-state index contributed by atoms with van der Waals surface area (Å²) >= 11 is 0. The number of hydrogen-bond acceptors (Lipinski definition) is 3. The molecule has 0 fully saturated rings. The third-order valence-corrected chi connectivity index (χ3v) is 1.22. The summed E-state index contributed by atoms with van der Waals surface area (Å²) in [6.07, 6.45) is 0. The van der Waals surface area contributed by atoms with E-state index in [9.17, 15) is 9.59 Å². The van der Waals surface area contributed by atoms with Crippen molar-refractivity contribution in [1.82, 2.24) is 9.97 Å². The van der Waals surface area contributed by atoms with Crippen molar-refractivity contribution in [2.75, 3.05) is 0 Å². The number of carbonyl (C=O) groups excluding carboxylic acids is 1. The molecule has 0 aromatic carbocycles. The molecule has 0 bridgehead atoms. The van der Waals surface area contributed by atoms with Gasteiger partial charge in [-0.3, -0.25) is 9.59 Å². The zero-order valence-corrected chi connectivity index (χ0v) is 6.34. The lowest BCUT2D eigenvalue weighted by Gasteiger charge is -1.94. The first kappa shape index (κ1) is 7.65. The lowest BCUT2D eigenvalue weighted by molar-refractivity contribution is 0.101. The van der Waals surface area contributed by atoms with Crippen LogP contribution >= 0.6 is 0 Å². The average molecular weight is 152 g/mol. The molecule has 1 rings (SSSR count). The van der Waals surface area contributed by atoms with Crippen LogP contribution in [0.15, 0.2) is 10.9 Å². The van der Waals surface area contributed by atoms with E-state index in [4.69, 9.17) is 0 Å². The number of aromatic nitrogens is 2. The van der Waals surface area contributed by atoms with E-state index < -0.39 is 0 Å². The third-order valence-electron chi connectivity index (χ3n) is 1.22. The van der Waals surface area contributed by atoms with Gasteiger partial charge in [0.25, 0.3) is 5.56 Å². The van der Waals surface area contributed by atoms with Gasteiger partial charge in [0.05, 0.1) is 0 Å². The first-order valence-corrected chi connectivity index (χ1v) is 3.18. The number of carbonyl (C=O) groups is 1. The molecular formula is C7H8N2O2. The van der Waals surface area contributed by atoms with E-state index in [0.717, 1.165) is 0 Å². The fourth-order valence-corrected chi connectivity index (χ4v) is 0.760. The summed E-state index contributed by atoms with van der Waals surface area (Å²) in [7, 11) is 0. The van der Waals surface area contributed by atoms with E-state index >= 15 is 0 Å². The van der Waals surface area contributed by atoms with Crippen LogP contribution in [0.1, 0.15) is 23.2 Å². The van der Waals surface area contributed by atoms with Gasteiger partial charge >= 0.3 is 0 Å². The Kier molecular flexibility index (Phi) is 1.85. The number of nitrogens with one attached hydrogen (secondary N) is 1. The second-order valence-electron chi connectivity index (χ2n) is 2.27. The quantitative estimate of drug-likeness (QED) is 0.588.